The first-order chi connectivity index (χ1) is 32.5. The number of amides is 6. The molecule has 340 valence electrons. The molecule has 0 bridgehead atoms. The van der Waals surface area contributed by atoms with Gasteiger partial charge in [-0.3, -0.25) is 33.7 Å². The summed E-state index contributed by atoms with van der Waals surface area (Å²) in [5.74, 6) is -3.41. The fourth-order valence-electron chi connectivity index (χ4n) is 8.59. The van der Waals surface area contributed by atoms with E-state index in [1.54, 1.807) is 24.3 Å². The van der Waals surface area contributed by atoms with Gasteiger partial charge in [-0.2, -0.15) is 0 Å². The molecule has 1 atom stereocenters. The monoisotopic (exact) mass is 896 g/mol. The number of fused-ring (bicyclic) bond motifs is 3. The Morgan fingerprint density at radius 1 is 0.343 bits per heavy atom. The molecule has 0 aliphatic carbocycles. The van der Waals surface area contributed by atoms with Crippen LogP contribution in [0.15, 0.2) is 176 Å². The van der Waals surface area contributed by atoms with Gasteiger partial charge in [0.15, 0.2) is 5.72 Å². The van der Waals surface area contributed by atoms with Gasteiger partial charge < -0.3 is 29.6 Å². The van der Waals surface area contributed by atoms with Crippen molar-refractivity contribution in [1.82, 2.24) is 29.4 Å². The summed E-state index contributed by atoms with van der Waals surface area (Å²) in [6, 6.07) is 52.3. The van der Waals surface area contributed by atoms with Crippen molar-refractivity contribution in [2.24, 2.45) is 0 Å². The molecule has 0 radical (unpaired) electrons. The number of hydrogen-bond donors (Lipinski definition) is 1. The number of benzene rings is 6. The van der Waals surface area contributed by atoms with Crippen LogP contribution in [-0.2, 0) is 62.4 Å². The lowest BCUT2D eigenvalue weighted by atomic mass is 10.00. The third-order valence-electron chi connectivity index (χ3n) is 12.1. The van der Waals surface area contributed by atoms with Crippen molar-refractivity contribution in [1.29, 1.82) is 0 Å². The number of nitrogens with zero attached hydrogens (tertiary/aromatic N) is 6. The van der Waals surface area contributed by atoms with Crippen LogP contribution in [-0.4, -0.2) is 109 Å². The average molecular weight is 897 g/mol. The average Bonchev–Trinajstić information content (AvgIpc) is 3.55. The van der Waals surface area contributed by atoms with Crippen LogP contribution in [0.4, 0.5) is 0 Å². The van der Waals surface area contributed by atoms with Gasteiger partial charge >= 0.3 is 0 Å². The van der Waals surface area contributed by atoms with E-state index in [-0.39, 0.29) is 43.9 Å². The van der Waals surface area contributed by atoms with Crippen LogP contribution in [0.25, 0.3) is 0 Å². The van der Waals surface area contributed by atoms with E-state index in [1.165, 1.54) is 24.5 Å². The molecule has 6 aromatic carbocycles. The zero-order chi connectivity index (χ0) is 46.8. The maximum atomic E-state index is 15.0. The van der Waals surface area contributed by atoms with Crippen LogP contribution < -0.4 is 0 Å². The summed E-state index contributed by atoms with van der Waals surface area (Å²) >= 11 is 0. The summed E-state index contributed by atoms with van der Waals surface area (Å²) in [5.41, 5.74) is 1.79. The van der Waals surface area contributed by atoms with E-state index in [9.17, 15) is 29.1 Å². The molecule has 0 saturated carbocycles. The first-order valence-electron chi connectivity index (χ1n) is 22.3. The van der Waals surface area contributed by atoms with E-state index in [0.717, 1.165) is 27.2 Å². The molecule has 13 nitrogen and oxygen atoms in total. The first kappa shape index (κ1) is 45.7. The Bertz CT molecular complexity index is 2690. The molecule has 6 aromatic rings. The van der Waals surface area contributed by atoms with Crippen LogP contribution in [0.5, 0.6) is 0 Å². The predicted molar refractivity (Wildman–Crippen MR) is 251 cm³/mol. The van der Waals surface area contributed by atoms with Crippen molar-refractivity contribution in [3.05, 3.63) is 215 Å². The van der Waals surface area contributed by atoms with Crippen molar-refractivity contribution in [2.45, 2.75) is 38.4 Å². The number of carbonyl (C=O) groups is 6. The molecule has 1 unspecified atom stereocenters. The number of aliphatic hydroxyl groups is 1. The summed E-state index contributed by atoms with van der Waals surface area (Å²) in [5, 5.41) is 13.0. The first-order valence-corrected chi connectivity index (χ1v) is 22.3. The lowest BCUT2D eigenvalue weighted by Gasteiger charge is -2.40. The molecule has 0 aromatic heterocycles. The van der Waals surface area contributed by atoms with Gasteiger partial charge in [0.2, 0.25) is 29.5 Å². The number of β-amino-alcohol motifs (C(OH)–C–C–N with tert-alkyl or cyclic N) is 1. The highest BCUT2D eigenvalue weighted by molar-refractivity contribution is 6.02. The minimum atomic E-state index is -2.21. The highest BCUT2D eigenvalue weighted by atomic mass is 16.3. The summed E-state index contributed by atoms with van der Waals surface area (Å²) in [6.45, 7) is -2.93. The molecule has 13 heteroatoms. The van der Waals surface area contributed by atoms with Gasteiger partial charge in [0.05, 0.1) is 6.54 Å². The highest BCUT2D eigenvalue weighted by Crippen LogP contribution is 2.38. The number of hydrogen-bond acceptors (Lipinski definition) is 7. The van der Waals surface area contributed by atoms with Gasteiger partial charge in [0.1, 0.15) is 32.7 Å². The second kappa shape index (κ2) is 20.9. The van der Waals surface area contributed by atoms with E-state index in [4.69, 9.17) is 0 Å². The molecular weight excluding hydrogens is 845 g/mol. The smallest absolute Gasteiger partial charge is 0.257 e. The summed E-state index contributed by atoms with van der Waals surface area (Å²) in [6.07, 6.45) is 0. The second-order valence-electron chi connectivity index (χ2n) is 16.9. The molecular formula is C54H52N6O7. The van der Waals surface area contributed by atoms with Crippen molar-refractivity contribution < 1.29 is 33.9 Å². The van der Waals surface area contributed by atoms with Crippen LogP contribution in [0.1, 0.15) is 43.7 Å². The van der Waals surface area contributed by atoms with E-state index in [2.05, 4.69) is 0 Å². The standard InChI is InChI=1S/C54H52N6O7/c61-48-35-56(31-42-20-8-2-9-21-42)50(63)37-58(33-44-24-12-4-13-25-44)52(65)39-60-53(66)46-28-16-17-29-47(46)54(60,67)40-59(34-45-26-14-5-15-27-45)51(64)38-57(32-43-22-10-3-11-23-43)49(62)36-55(48)30-41-18-6-1-7-19-41/h1-29,67H,30-40H2. The Kier molecular flexibility index (Phi) is 14.3. The zero-order valence-electron chi connectivity index (χ0n) is 37.1. The fraction of sp³-hybridized carbons (Fsp3) is 0.222. The lowest BCUT2D eigenvalue weighted by molar-refractivity contribution is -0.156. The molecule has 67 heavy (non-hydrogen) atoms. The molecule has 2 aliphatic rings. The molecule has 1 fully saturated rings. The maximum Gasteiger partial charge on any atom is 0.257 e. The lowest BCUT2D eigenvalue weighted by Crippen LogP contribution is -2.57. The van der Waals surface area contributed by atoms with Gasteiger partial charge in [-0.05, 0) is 33.9 Å². The molecule has 8 rings (SSSR count). The minimum Gasteiger partial charge on any atom is -0.365 e. The molecule has 2 aliphatic heterocycles. The normalized spacial score (nSPS) is 17.9. The van der Waals surface area contributed by atoms with Crippen molar-refractivity contribution in [3.63, 3.8) is 0 Å². The molecule has 1 saturated heterocycles. The quantitative estimate of drug-likeness (QED) is 0.193. The topological polar surface area (TPSA) is 142 Å². The van der Waals surface area contributed by atoms with Crippen LogP contribution in [0.2, 0.25) is 0 Å². The van der Waals surface area contributed by atoms with Gasteiger partial charge in [0.25, 0.3) is 5.91 Å². The van der Waals surface area contributed by atoms with Gasteiger partial charge in [-0.25, -0.2) is 0 Å². The van der Waals surface area contributed by atoms with E-state index in [1.807, 2.05) is 152 Å². The Morgan fingerprint density at radius 3 is 0.955 bits per heavy atom. The van der Waals surface area contributed by atoms with Gasteiger partial charge in [-0.15, -0.1) is 0 Å². The van der Waals surface area contributed by atoms with E-state index >= 15 is 4.79 Å². The fourth-order valence-corrected chi connectivity index (χ4v) is 8.59. The Labute approximate surface area is 390 Å². The highest BCUT2D eigenvalue weighted by Gasteiger charge is 2.51. The summed E-state index contributed by atoms with van der Waals surface area (Å²) in [4.78, 5) is 96.7. The molecule has 0 spiro atoms. The molecule has 2 heterocycles. The second-order valence-corrected chi connectivity index (χ2v) is 16.9. The Morgan fingerprint density at radius 2 is 0.612 bits per heavy atom. The maximum absolute atomic E-state index is 15.0. The number of carbonyl (C=O) groups excluding carboxylic acids is 6. The summed E-state index contributed by atoms with van der Waals surface area (Å²) < 4.78 is 0. The minimum absolute atomic E-state index is 0.0114. The SMILES string of the molecule is O=C1CN(Cc2ccccc2)C(=O)CN(Cc2ccccc2)C(=O)CN2C(=O)c3ccccc3C2(O)CN(Cc2ccccc2)C(=O)CN(Cc2ccccc2)C(=O)CN1Cc1ccccc1. The van der Waals surface area contributed by atoms with Gasteiger partial charge in [0, 0.05) is 43.9 Å². The van der Waals surface area contributed by atoms with Crippen LogP contribution in [0, 0.1) is 0 Å². The molecule has 6 amide bonds. The van der Waals surface area contributed by atoms with Crippen molar-refractivity contribution in [3.8, 4) is 0 Å². The van der Waals surface area contributed by atoms with Crippen LogP contribution in [0.3, 0.4) is 0 Å². The van der Waals surface area contributed by atoms with Crippen molar-refractivity contribution in [2.75, 3.05) is 39.3 Å². The van der Waals surface area contributed by atoms with Gasteiger partial charge in [-0.1, -0.05) is 170 Å². The number of rotatable bonds is 10. The third-order valence-corrected chi connectivity index (χ3v) is 12.1. The largest absolute Gasteiger partial charge is 0.365 e. The van der Waals surface area contributed by atoms with Crippen LogP contribution >= 0.6 is 0 Å². The summed E-state index contributed by atoms with van der Waals surface area (Å²) in [7, 11) is 0. The predicted octanol–water partition coefficient (Wildman–Crippen LogP) is 5.45. The Balaban J connectivity index is 1.24. The third kappa shape index (κ3) is 11.1. The van der Waals surface area contributed by atoms with E-state index < -0.39 is 80.4 Å². The Hall–Kier alpha value is -7.90. The molecule has 1 N–H and O–H groups in total. The zero-order valence-corrected chi connectivity index (χ0v) is 37.1. The van der Waals surface area contributed by atoms with Crippen molar-refractivity contribution >= 4 is 35.4 Å². The van der Waals surface area contributed by atoms with E-state index in [0.29, 0.717) is 5.56 Å².